The van der Waals surface area contributed by atoms with Crippen LogP contribution in [0.2, 0.25) is 58.4 Å². The summed E-state index contributed by atoms with van der Waals surface area (Å²) < 4.78 is 26.7. The molecular weight excluding hydrogens is 565 g/mol. The van der Waals surface area contributed by atoms with Crippen molar-refractivity contribution in [3.63, 3.8) is 0 Å². The maximum Gasteiger partial charge on any atom is 0.342 e. The van der Waals surface area contributed by atoms with E-state index in [9.17, 15) is 0 Å². The third-order valence-electron chi connectivity index (χ3n) is 4.94. The molecule has 0 spiro atoms. The Bertz CT molecular complexity index is 572. The molecule has 0 rings (SSSR count). The van der Waals surface area contributed by atoms with Gasteiger partial charge in [0.2, 0.25) is 0 Å². The van der Waals surface area contributed by atoms with Crippen LogP contribution in [-0.4, -0.2) is 42.3 Å². The van der Waals surface area contributed by atoms with Crippen LogP contribution in [0.4, 0.5) is 0 Å². The highest BCUT2D eigenvalue weighted by Gasteiger charge is 2.47. The lowest BCUT2D eigenvalue weighted by Crippen LogP contribution is -2.59. The Kier molecular flexibility index (Phi) is 48.6. The molecule has 39 heavy (non-hydrogen) atoms. The van der Waals surface area contributed by atoms with Crippen LogP contribution in [0, 0.1) is 0 Å². The number of rotatable bonds is 17. The quantitative estimate of drug-likeness (QED) is 0.116. The minimum atomic E-state index is -2.58. The monoisotopic (exact) mass is 649 g/mol. The smallest absolute Gasteiger partial charge is 0.342 e. The highest BCUT2D eigenvalue weighted by atomic mass is 28.5. The molecule has 2 unspecified atom stereocenters. The molecule has 9 heteroatoms. The lowest BCUT2D eigenvalue weighted by Gasteiger charge is -2.43. The molecule has 0 heterocycles. The molecule has 0 aromatic rings. The van der Waals surface area contributed by atoms with Crippen LogP contribution in [0.3, 0.4) is 0 Å². The van der Waals surface area contributed by atoms with Crippen molar-refractivity contribution >= 4 is 42.3 Å². The van der Waals surface area contributed by atoms with Crippen LogP contribution in [0.5, 0.6) is 0 Å². The third kappa shape index (κ3) is 29.4. The van der Waals surface area contributed by atoms with E-state index in [4.69, 9.17) is 16.5 Å². The molecule has 0 N–H and O–H groups in total. The van der Waals surface area contributed by atoms with E-state index in [0.717, 1.165) is 12.5 Å². The van der Waals surface area contributed by atoms with Crippen molar-refractivity contribution < 1.29 is 16.5 Å². The minimum absolute atomic E-state index is 0. The highest BCUT2D eigenvalue weighted by molar-refractivity contribution is 6.93. The standard InChI is InChI=1S/C21H48O4Si5.9CH4/c1-13-17-18-19-20-21-30(12,23-27(7,8)15-3)25-28(9,10)24-29(11,16-4)22-26(5,6)14-2;;;;;;;;;/h14-16H,2-4,13,17-21H2,1,5-12H3;9*1H4. The summed E-state index contributed by atoms with van der Waals surface area (Å²) in [6.45, 7) is 31.3. The Hall–Kier alpha value is 0.144. The van der Waals surface area contributed by atoms with Crippen LogP contribution in [0.15, 0.2) is 36.8 Å². The summed E-state index contributed by atoms with van der Waals surface area (Å²) in [6, 6.07) is 0.987. The van der Waals surface area contributed by atoms with Crippen molar-refractivity contribution in [3.05, 3.63) is 36.8 Å². The van der Waals surface area contributed by atoms with E-state index in [1.54, 1.807) is 0 Å². The lowest BCUT2D eigenvalue weighted by molar-refractivity contribution is 0.298. The Morgan fingerprint density at radius 1 is 0.487 bits per heavy atom. The topological polar surface area (TPSA) is 36.9 Å². The van der Waals surface area contributed by atoms with Gasteiger partial charge in [-0.15, -0.1) is 19.7 Å². The van der Waals surface area contributed by atoms with Crippen LogP contribution >= 0.6 is 0 Å². The van der Waals surface area contributed by atoms with E-state index < -0.39 is 42.3 Å². The van der Waals surface area contributed by atoms with Gasteiger partial charge in [0.25, 0.3) is 0 Å². The number of hydrogen-bond acceptors (Lipinski definition) is 4. The molecule has 0 aliphatic heterocycles. The molecule has 0 bridgehead atoms. The second-order valence-corrected chi connectivity index (χ2v) is 28.4. The summed E-state index contributed by atoms with van der Waals surface area (Å²) in [6.07, 6.45) is 6.18. The fraction of sp³-hybridized carbons (Fsp3) is 0.800. The molecule has 0 saturated carbocycles. The van der Waals surface area contributed by atoms with Crippen LogP contribution in [0.25, 0.3) is 0 Å². The SMILES string of the molecule is C.C.C.C.C.C.C.C.C.C=C[Si](C)(C)O[Si](C)(C=C)O[Si](C)(C)O[Si](C)(CCCCCCC)O[Si](C)(C)C=C. The molecule has 0 aromatic heterocycles. The van der Waals surface area contributed by atoms with E-state index in [1.165, 1.54) is 25.7 Å². The van der Waals surface area contributed by atoms with Gasteiger partial charge in [0.1, 0.15) is 0 Å². The first-order valence-corrected chi connectivity index (χ1v) is 25.0. The fourth-order valence-corrected chi connectivity index (χ4v) is 24.8. The van der Waals surface area contributed by atoms with Gasteiger partial charge in [0.15, 0.2) is 16.6 Å². The maximum absolute atomic E-state index is 6.83. The molecule has 2 atom stereocenters. The van der Waals surface area contributed by atoms with Crippen molar-refractivity contribution in [1.82, 2.24) is 0 Å². The first kappa shape index (κ1) is 67.1. The Labute approximate surface area is 259 Å². The average molecular weight is 649 g/mol. The molecule has 0 saturated heterocycles. The van der Waals surface area contributed by atoms with Crippen molar-refractivity contribution in [1.29, 1.82) is 0 Å². The van der Waals surface area contributed by atoms with Crippen molar-refractivity contribution in [2.75, 3.05) is 0 Å². The highest BCUT2D eigenvalue weighted by Crippen LogP contribution is 2.30. The number of unbranched alkanes of at least 4 members (excludes halogenated alkanes) is 4. The van der Waals surface area contributed by atoms with E-state index >= 15 is 0 Å². The molecule has 0 fully saturated rings. The minimum Gasteiger partial charge on any atom is -0.433 e. The van der Waals surface area contributed by atoms with Crippen LogP contribution in [-0.2, 0) is 16.5 Å². The molecule has 0 amide bonds. The van der Waals surface area contributed by atoms with Gasteiger partial charge in [-0.25, -0.2) is 0 Å². The molecular formula is C30H84O4Si5. The Balaban J connectivity index is -0.000000117. The molecule has 0 aromatic carbocycles. The van der Waals surface area contributed by atoms with Crippen molar-refractivity contribution in [2.45, 2.75) is 164 Å². The molecule has 4 nitrogen and oxygen atoms in total. The zero-order chi connectivity index (χ0) is 23.7. The van der Waals surface area contributed by atoms with Crippen LogP contribution < -0.4 is 0 Å². The summed E-state index contributed by atoms with van der Waals surface area (Å²) in [4.78, 5) is 0. The molecule has 0 radical (unpaired) electrons. The van der Waals surface area contributed by atoms with Gasteiger partial charge < -0.3 is 16.5 Å². The fourth-order valence-electron chi connectivity index (χ4n) is 3.47. The second kappa shape index (κ2) is 28.3. The maximum atomic E-state index is 6.83. The summed E-state index contributed by atoms with van der Waals surface area (Å²) in [5.41, 5.74) is 5.81. The zero-order valence-corrected chi connectivity index (χ0v) is 26.2. The normalized spacial score (nSPS) is 13.2. The van der Waals surface area contributed by atoms with Gasteiger partial charge >= 0.3 is 25.7 Å². The molecule has 248 valence electrons. The van der Waals surface area contributed by atoms with Crippen LogP contribution in [0.1, 0.15) is 106 Å². The Morgan fingerprint density at radius 3 is 1.23 bits per heavy atom. The van der Waals surface area contributed by atoms with E-state index in [0.29, 0.717) is 0 Å². The third-order valence-corrected chi connectivity index (χ3v) is 23.8. The van der Waals surface area contributed by atoms with Gasteiger partial charge in [-0.3, -0.25) is 0 Å². The van der Waals surface area contributed by atoms with Gasteiger partial charge in [-0.2, -0.15) is 0 Å². The summed E-state index contributed by atoms with van der Waals surface area (Å²) in [5, 5.41) is 0. The predicted octanol–water partition coefficient (Wildman–Crippen LogP) is 13.2. The molecule has 0 aliphatic rings. The second-order valence-electron chi connectivity index (χ2n) is 9.94. The van der Waals surface area contributed by atoms with Gasteiger partial charge in [0.05, 0.1) is 0 Å². The van der Waals surface area contributed by atoms with E-state index in [1.807, 2.05) is 17.1 Å². The van der Waals surface area contributed by atoms with Gasteiger partial charge in [-0.05, 0) is 58.4 Å². The molecule has 0 aliphatic carbocycles. The lowest BCUT2D eigenvalue weighted by atomic mass is 10.2. The summed E-state index contributed by atoms with van der Waals surface area (Å²) in [7, 11) is -11.5. The zero-order valence-electron chi connectivity index (χ0n) is 21.2. The predicted molar refractivity (Wildman–Crippen MR) is 205 cm³/mol. The Morgan fingerprint density at radius 2 is 0.872 bits per heavy atom. The summed E-state index contributed by atoms with van der Waals surface area (Å²) >= 11 is 0. The van der Waals surface area contributed by atoms with Crippen molar-refractivity contribution in [3.8, 4) is 0 Å². The number of hydrogen-bond donors (Lipinski definition) is 0. The van der Waals surface area contributed by atoms with E-state index in [2.05, 4.69) is 79.0 Å². The summed E-state index contributed by atoms with van der Waals surface area (Å²) in [5.74, 6) is 0. The van der Waals surface area contributed by atoms with Gasteiger partial charge in [0, 0.05) is 0 Å². The largest absolute Gasteiger partial charge is 0.433 e. The average Bonchev–Trinajstić information content (AvgIpc) is 2.59. The first-order valence-electron chi connectivity index (χ1n) is 11.3. The van der Waals surface area contributed by atoms with Gasteiger partial charge in [-0.1, -0.05) is 123 Å². The van der Waals surface area contributed by atoms with E-state index in [-0.39, 0.29) is 66.8 Å². The first-order chi connectivity index (χ1) is 13.6. The van der Waals surface area contributed by atoms with Crippen molar-refractivity contribution in [2.24, 2.45) is 0 Å².